The van der Waals surface area contributed by atoms with Gasteiger partial charge in [0.15, 0.2) is 11.6 Å². The van der Waals surface area contributed by atoms with Gasteiger partial charge < -0.3 is 9.15 Å². The number of hydrogen-bond acceptors (Lipinski definition) is 5. The Bertz CT molecular complexity index is 746. The summed E-state index contributed by atoms with van der Waals surface area (Å²) in [6.07, 6.45) is 2.79. The first-order valence-corrected chi connectivity index (χ1v) is 9.09. The van der Waals surface area contributed by atoms with E-state index in [2.05, 4.69) is 14.8 Å². The van der Waals surface area contributed by atoms with Crippen LogP contribution in [-0.2, 0) is 11.3 Å². The Kier molecular flexibility index (Phi) is 5.28. The molecular weight excluding hydrogens is 340 g/mol. The monoisotopic (exact) mass is 363 g/mol. The van der Waals surface area contributed by atoms with E-state index in [1.807, 2.05) is 0 Å². The zero-order chi connectivity index (χ0) is 17.9. The number of benzene rings is 1. The Hall–Kier alpha value is -1.83. The van der Waals surface area contributed by atoms with Crippen molar-refractivity contribution in [3.63, 3.8) is 0 Å². The third-order valence-electron chi connectivity index (χ3n) is 5.09. The molecule has 0 radical (unpaired) electrons. The number of morpholine rings is 1. The molecule has 0 spiro atoms. The van der Waals surface area contributed by atoms with E-state index >= 15 is 0 Å². The number of rotatable bonds is 5. The van der Waals surface area contributed by atoms with Crippen molar-refractivity contribution in [2.45, 2.75) is 13.0 Å². The van der Waals surface area contributed by atoms with E-state index in [1.165, 1.54) is 12.5 Å². The molecule has 0 aliphatic carbocycles. The molecule has 26 heavy (non-hydrogen) atoms. The average Bonchev–Trinajstić information content (AvgIpc) is 3.28. The summed E-state index contributed by atoms with van der Waals surface area (Å²) in [5.74, 6) is -0.773. The van der Waals surface area contributed by atoms with E-state index in [0.29, 0.717) is 23.9 Å². The van der Waals surface area contributed by atoms with Crippen molar-refractivity contribution in [1.29, 1.82) is 0 Å². The molecule has 0 bridgehead atoms. The number of ether oxygens (including phenoxy) is 1. The molecule has 7 heteroatoms. The summed E-state index contributed by atoms with van der Waals surface area (Å²) < 4.78 is 37.3. The summed E-state index contributed by atoms with van der Waals surface area (Å²) in [5, 5.41) is 0. The van der Waals surface area contributed by atoms with Crippen molar-refractivity contribution in [3.05, 3.63) is 41.8 Å². The van der Waals surface area contributed by atoms with Crippen LogP contribution in [0.1, 0.15) is 12.1 Å². The Morgan fingerprint density at radius 2 is 1.92 bits per heavy atom. The largest absolute Gasteiger partial charge is 0.444 e. The van der Waals surface area contributed by atoms with Crippen LogP contribution in [0.2, 0.25) is 0 Å². The van der Waals surface area contributed by atoms with Crippen LogP contribution in [0.25, 0.3) is 11.5 Å². The van der Waals surface area contributed by atoms with Gasteiger partial charge in [-0.2, -0.15) is 0 Å². The van der Waals surface area contributed by atoms with Gasteiger partial charge in [0, 0.05) is 38.3 Å². The molecule has 2 aliphatic rings. The van der Waals surface area contributed by atoms with Gasteiger partial charge in [0.05, 0.1) is 18.9 Å². The minimum atomic E-state index is -0.896. The fourth-order valence-electron chi connectivity index (χ4n) is 3.72. The van der Waals surface area contributed by atoms with Crippen LogP contribution in [0.4, 0.5) is 8.78 Å². The highest BCUT2D eigenvalue weighted by molar-refractivity contribution is 5.53. The van der Waals surface area contributed by atoms with Gasteiger partial charge in [-0.15, -0.1) is 0 Å². The van der Waals surface area contributed by atoms with Crippen LogP contribution >= 0.6 is 0 Å². The maximum Gasteiger partial charge on any atom is 0.226 e. The zero-order valence-corrected chi connectivity index (χ0v) is 14.7. The molecule has 140 valence electrons. The summed E-state index contributed by atoms with van der Waals surface area (Å²) in [6, 6.07) is 3.67. The molecule has 1 unspecified atom stereocenters. The lowest BCUT2D eigenvalue weighted by molar-refractivity contribution is 0.0311. The predicted octanol–water partition coefficient (Wildman–Crippen LogP) is 2.77. The second-order valence-corrected chi connectivity index (χ2v) is 7.08. The van der Waals surface area contributed by atoms with Gasteiger partial charge >= 0.3 is 0 Å². The number of nitrogens with zero attached hydrogens (tertiary/aromatic N) is 3. The predicted molar refractivity (Wildman–Crippen MR) is 92.5 cm³/mol. The lowest BCUT2D eigenvalue weighted by Crippen LogP contribution is -2.39. The molecular formula is C19H23F2N3O2. The first-order valence-electron chi connectivity index (χ1n) is 9.09. The van der Waals surface area contributed by atoms with Crippen LogP contribution in [0.3, 0.4) is 0 Å². The smallest absolute Gasteiger partial charge is 0.226 e. The SMILES string of the molecule is Fc1ccc(-c2nc(CN3CCC(CN4CCOCC4)C3)co2)cc1F. The van der Waals surface area contributed by atoms with Crippen LogP contribution in [0.5, 0.6) is 0 Å². The quantitative estimate of drug-likeness (QED) is 0.817. The first kappa shape index (κ1) is 17.6. The molecule has 2 aliphatic heterocycles. The maximum atomic E-state index is 13.4. The molecule has 0 amide bonds. The summed E-state index contributed by atoms with van der Waals surface area (Å²) in [4.78, 5) is 9.29. The minimum Gasteiger partial charge on any atom is -0.444 e. The fourth-order valence-corrected chi connectivity index (χ4v) is 3.72. The number of halogens is 2. The van der Waals surface area contributed by atoms with Crippen molar-refractivity contribution in [2.75, 3.05) is 45.9 Å². The maximum absolute atomic E-state index is 13.4. The van der Waals surface area contributed by atoms with Gasteiger partial charge in [-0.25, -0.2) is 13.8 Å². The van der Waals surface area contributed by atoms with Gasteiger partial charge in [-0.05, 0) is 37.1 Å². The molecule has 1 aromatic carbocycles. The first-order chi connectivity index (χ1) is 12.7. The molecule has 1 atom stereocenters. The third-order valence-corrected chi connectivity index (χ3v) is 5.09. The van der Waals surface area contributed by atoms with E-state index < -0.39 is 11.6 Å². The van der Waals surface area contributed by atoms with Crippen LogP contribution in [-0.4, -0.2) is 60.7 Å². The van der Waals surface area contributed by atoms with E-state index in [4.69, 9.17) is 9.15 Å². The topological polar surface area (TPSA) is 41.7 Å². The molecule has 0 N–H and O–H groups in total. The highest BCUT2D eigenvalue weighted by atomic mass is 19.2. The Morgan fingerprint density at radius 1 is 1.08 bits per heavy atom. The highest BCUT2D eigenvalue weighted by Gasteiger charge is 2.26. The van der Waals surface area contributed by atoms with Gasteiger partial charge in [0.25, 0.3) is 0 Å². The van der Waals surface area contributed by atoms with E-state index in [1.54, 1.807) is 6.26 Å². The van der Waals surface area contributed by atoms with E-state index in [-0.39, 0.29) is 0 Å². The van der Waals surface area contributed by atoms with Gasteiger partial charge in [0.2, 0.25) is 5.89 Å². The number of likely N-dealkylation sites (tertiary alicyclic amines) is 1. The van der Waals surface area contributed by atoms with Gasteiger partial charge in [-0.1, -0.05) is 0 Å². The number of oxazole rings is 1. The summed E-state index contributed by atoms with van der Waals surface area (Å²) in [6.45, 7) is 7.65. The summed E-state index contributed by atoms with van der Waals surface area (Å²) in [7, 11) is 0. The second kappa shape index (κ2) is 7.82. The zero-order valence-electron chi connectivity index (χ0n) is 14.7. The molecule has 0 saturated carbocycles. The Balaban J connectivity index is 1.32. The van der Waals surface area contributed by atoms with Crippen molar-refractivity contribution < 1.29 is 17.9 Å². The van der Waals surface area contributed by atoms with E-state index in [0.717, 1.165) is 63.8 Å². The standard InChI is InChI=1S/C19H23F2N3O2/c20-17-2-1-15(9-18(17)21)19-22-16(13-26-19)12-24-4-3-14(11-24)10-23-5-7-25-8-6-23/h1-2,9,13-14H,3-8,10-12H2. The Labute approximate surface area is 151 Å². The van der Waals surface area contributed by atoms with Crippen molar-refractivity contribution in [1.82, 2.24) is 14.8 Å². The lowest BCUT2D eigenvalue weighted by Gasteiger charge is -2.29. The van der Waals surface area contributed by atoms with Gasteiger partial charge in [-0.3, -0.25) is 9.80 Å². The molecule has 2 saturated heterocycles. The van der Waals surface area contributed by atoms with Crippen molar-refractivity contribution in [2.24, 2.45) is 5.92 Å². The minimum absolute atomic E-state index is 0.322. The van der Waals surface area contributed by atoms with Crippen molar-refractivity contribution >= 4 is 0 Å². The molecule has 1 aromatic heterocycles. The molecule has 2 fully saturated rings. The van der Waals surface area contributed by atoms with Crippen LogP contribution in [0.15, 0.2) is 28.9 Å². The second-order valence-electron chi connectivity index (χ2n) is 7.08. The normalized spacial score (nSPS) is 22.2. The lowest BCUT2D eigenvalue weighted by atomic mass is 10.1. The number of hydrogen-bond donors (Lipinski definition) is 0. The van der Waals surface area contributed by atoms with Crippen molar-refractivity contribution in [3.8, 4) is 11.5 Å². The summed E-state index contributed by atoms with van der Waals surface area (Å²) >= 11 is 0. The van der Waals surface area contributed by atoms with Crippen LogP contribution < -0.4 is 0 Å². The third kappa shape index (κ3) is 4.11. The molecule has 3 heterocycles. The van der Waals surface area contributed by atoms with Crippen LogP contribution in [0, 0.1) is 17.6 Å². The number of aromatic nitrogens is 1. The van der Waals surface area contributed by atoms with E-state index in [9.17, 15) is 8.78 Å². The Morgan fingerprint density at radius 3 is 2.73 bits per heavy atom. The van der Waals surface area contributed by atoms with Gasteiger partial charge in [0.1, 0.15) is 6.26 Å². The fraction of sp³-hybridized carbons (Fsp3) is 0.526. The molecule has 4 rings (SSSR count). The molecule has 2 aromatic rings. The highest BCUT2D eigenvalue weighted by Crippen LogP contribution is 2.24. The average molecular weight is 363 g/mol. The molecule has 5 nitrogen and oxygen atoms in total. The summed E-state index contributed by atoms with van der Waals surface area (Å²) in [5.41, 5.74) is 1.26.